The average molecular weight is 409 g/mol. The molecular weight excluding hydrogens is 391 g/mol. The minimum Gasteiger partial charge on any atom is -0.385 e. The van der Waals surface area contributed by atoms with Gasteiger partial charge in [-0.05, 0) is 30.7 Å². The summed E-state index contributed by atoms with van der Waals surface area (Å²) in [6.07, 6.45) is 6.38. The fraction of sp³-hybridized carbons (Fsp3) is 0.167. The molecule has 2 N–H and O–H groups in total. The van der Waals surface area contributed by atoms with Crippen molar-refractivity contribution in [2.24, 2.45) is 0 Å². The maximum atomic E-state index is 12.9. The summed E-state index contributed by atoms with van der Waals surface area (Å²) in [6, 6.07) is 1.27. The molecule has 6 nitrogen and oxygen atoms in total. The number of alkyl halides is 3. The van der Waals surface area contributed by atoms with Crippen molar-refractivity contribution < 1.29 is 13.2 Å². The molecule has 0 spiro atoms. The Balaban J connectivity index is 2.13. The number of nitrogens with one attached hydrogen (secondary N) is 2. The first-order valence-corrected chi connectivity index (χ1v) is 8.63. The third-order valence-electron chi connectivity index (χ3n) is 3.31. The summed E-state index contributed by atoms with van der Waals surface area (Å²) in [5.74, 6) is 0.580. The van der Waals surface area contributed by atoms with E-state index in [4.69, 9.17) is 0 Å². The number of nitrogens with zero attached hydrogens (tertiary/aromatic N) is 3. The standard InChI is InChI=1S/C18H18F3N5OS/c1-2-3-6-13(18(19,20)21)8-9-22-12-14-11-16(27)26-17(23-14)24-15(25-26)7-4-5-10-28/h2-11,22,28H,12H2,1H3,(H,23,24,25)/b3-2-,7-4+,9-8+,10-5-,13-6+. The Bertz CT molecular complexity index is 1010. The van der Waals surface area contributed by atoms with Crippen LogP contribution in [0.5, 0.6) is 0 Å². The van der Waals surface area contributed by atoms with Crippen LogP contribution in [0, 0.1) is 0 Å². The Morgan fingerprint density at radius 2 is 2.11 bits per heavy atom. The molecule has 0 aromatic carbocycles. The minimum atomic E-state index is -4.46. The Morgan fingerprint density at radius 3 is 2.79 bits per heavy atom. The zero-order valence-electron chi connectivity index (χ0n) is 14.8. The van der Waals surface area contributed by atoms with E-state index in [1.54, 1.807) is 30.6 Å². The molecule has 0 amide bonds. The molecule has 148 valence electrons. The second kappa shape index (κ2) is 9.79. The molecule has 0 aliphatic rings. The number of H-pyrrole nitrogens is 1. The van der Waals surface area contributed by atoms with Gasteiger partial charge in [0.05, 0.1) is 17.8 Å². The lowest BCUT2D eigenvalue weighted by molar-refractivity contribution is -0.0882. The Kier molecular flexibility index (Phi) is 7.44. The first kappa shape index (κ1) is 21.3. The van der Waals surface area contributed by atoms with Crippen molar-refractivity contribution in [1.29, 1.82) is 0 Å². The molecule has 2 rings (SSSR count). The van der Waals surface area contributed by atoms with Crippen LogP contribution in [0.2, 0.25) is 0 Å². The van der Waals surface area contributed by atoms with Gasteiger partial charge < -0.3 is 5.32 Å². The Morgan fingerprint density at radius 1 is 1.32 bits per heavy atom. The number of hydrogen-bond acceptors (Lipinski definition) is 5. The van der Waals surface area contributed by atoms with Crippen LogP contribution in [0.3, 0.4) is 0 Å². The second-order valence-electron chi connectivity index (χ2n) is 5.39. The Labute approximate surface area is 164 Å². The highest BCUT2D eigenvalue weighted by Gasteiger charge is 2.31. The van der Waals surface area contributed by atoms with Crippen LogP contribution in [-0.4, -0.2) is 25.8 Å². The molecule has 2 aromatic heterocycles. The molecule has 2 heterocycles. The van der Waals surface area contributed by atoms with Crippen molar-refractivity contribution in [3.63, 3.8) is 0 Å². The molecule has 0 saturated carbocycles. The lowest BCUT2D eigenvalue weighted by Crippen LogP contribution is -2.18. The molecule has 0 aliphatic heterocycles. The largest absolute Gasteiger partial charge is 0.416 e. The lowest BCUT2D eigenvalue weighted by atomic mass is 10.2. The Hall–Kier alpha value is -3.01. The predicted octanol–water partition coefficient (Wildman–Crippen LogP) is 3.54. The third kappa shape index (κ3) is 6.02. The zero-order valence-corrected chi connectivity index (χ0v) is 15.7. The van der Waals surface area contributed by atoms with Crippen molar-refractivity contribution in [3.8, 4) is 0 Å². The lowest BCUT2D eigenvalue weighted by Gasteiger charge is -2.07. The molecular formula is C18H18F3N5OS. The first-order chi connectivity index (χ1) is 13.3. The molecule has 0 radical (unpaired) electrons. The first-order valence-electron chi connectivity index (χ1n) is 8.11. The number of allylic oxidation sites excluding steroid dienone is 7. The molecule has 0 aliphatic carbocycles. The highest BCUT2D eigenvalue weighted by molar-refractivity contribution is 7.83. The van der Waals surface area contributed by atoms with E-state index in [-0.39, 0.29) is 17.9 Å². The summed E-state index contributed by atoms with van der Waals surface area (Å²) >= 11 is 3.92. The molecule has 0 bridgehead atoms. The van der Waals surface area contributed by atoms with Gasteiger partial charge in [0.25, 0.3) is 11.3 Å². The summed E-state index contributed by atoms with van der Waals surface area (Å²) < 4.78 is 39.8. The summed E-state index contributed by atoms with van der Waals surface area (Å²) in [5.41, 5.74) is -0.842. The normalized spacial score (nSPS) is 13.8. The molecule has 0 fully saturated rings. The van der Waals surface area contributed by atoms with Gasteiger partial charge in [-0.3, -0.25) is 9.89 Å². The van der Waals surface area contributed by atoms with E-state index >= 15 is 0 Å². The second-order valence-corrected chi connectivity index (χ2v) is 5.69. The van der Waals surface area contributed by atoms with Crippen LogP contribution >= 0.6 is 12.6 Å². The van der Waals surface area contributed by atoms with Gasteiger partial charge in [0.15, 0.2) is 0 Å². The van der Waals surface area contributed by atoms with Gasteiger partial charge in [0.1, 0.15) is 5.82 Å². The minimum absolute atomic E-state index is 0.0669. The van der Waals surface area contributed by atoms with Crippen molar-refractivity contribution in [2.75, 3.05) is 0 Å². The molecule has 0 unspecified atom stereocenters. The van der Waals surface area contributed by atoms with Crippen LogP contribution in [0.4, 0.5) is 13.2 Å². The van der Waals surface area contributed by atoms with E-state index in [2.05, 4.69) is 33.0 Å². The SMILES string of the molecule is C\C=C/C=C(\C=C\NCc1cc(=O)n2[nH]c(/C=C/C=C\S)nc2n1)C(F)(F)F. The van der Waals surface area contributed by atoms with Crippen LogP contribution in [-0.2, 0) is 6.54 Å². The van der Waals surface area contributed by atoms with Crippen molar-refractivity contribution in [1.82, 2.24) is 24.9 Å². The summed E-state index contributed by atoms with van der Waals surface area (Å²) in [4.78, 5) is 20.5. The van der Waals surface area contributed by atoms with E-state index in [0.717, 1.165) is 18.4 Å². The van der Waals surface area contributed by atoms with Crippen molar-refractivity contribution in [3.05, 3.63) is 81.6 Å². The number of aromatic nitrogens is 4. The van der Waals surface area contributed by atoms with E-state index < -0.39 is 11.7 Å². The number of fused-ring (bicyclic) bond motifs is 1. The third-order valence-corrected chi connectivity index (χ3v) is 3.48. The highest BCUT2D eigenvalue weighted by Crippen LogP contribution is 2.26. The molecule has 10 heteroatoms. The summed E-state index contributed by atoms with van der Waals surface area (Å²) in [5, 5.41) is 7.02. The molecule has 2 aromatic rings. The summed E-state index contributed by atoms with van der Waals surface area (Å²) in [6.45, 7) is 1.69. The summed E-state index contributed by atoms with van der Waals surface area (Å²) in [7, 11) is 0. The maximum Gasteiger partial charge on any atom is 0.416 e. The highest BCUT2D eigenvalue weighted by atomic mass is 32.1. The van der Waals surface area contributed by atoms with Gasteiger partial charge >= 0.3 is 6.18 Å². The van der Waals surface area contributed by atoms with Crippen LogP contribution in [0.15, 0.2) is 64.5 Å². The van der Waals surface area contributed by atoms with Gasteiger partial charge in [0.2, 0.25) is 0 Å². The topological polar surface area (TPSA) is 75.1 Å². The fourth-order valence-electron chi connectivity index (χ4n) is 2.06. The average Bonchev–Trinajstić information content (AvgIpc) is 3.03. The zero-order chi connectivity index (χ0) is 20.6. The molecule has 0 saturated heterocycles. The number of thiol groups is 1. The van der Waals surface area contributed by atoms with Gasteiger partial charge in [-0.1, -0.05) is 30.4 Å². The monoisotopic (exact) mass is 409 g/mol. The van der Waals surface area contributed by atoms with Crippen LogP contribution < -0.4 is 10.9 Å². The van der Waals surface area contributed by atoms with Gasteiger partial charge in [0, 0.05) is 6.07 Å². The van der Waals surface area contributed by atoms with Gasteiger partial charge in [-0.25, -0.2) is 4.98 Å². The fourth-order valence-corrected chi connectivity index (χ4v) is 2.16. The smallest absolute Gasteiger partial charge is 0.385 e. The van der Waals surface area contributed by atoms with Crippen molar-refractivity contribution in [2.45, 2.75) is 19.6 Å². The predicted molar refractivity (Wildman–Crippen MR) is 106 cm³/mol. The van der Waals surface area contributed by atoms with Crippen molar-refractivity contribution >= 4 is 24.5 Å². The maximum absolute atomic E-state index is 12.9. The van der Waals surface area contributed by atoms with Gasteiger partial charge in [-0.2, -0.15) is 35.3 Å². The van der Waals surface area contributed by atoms with E-state index in [9.17, 15) is 18.0 Å². The van der Waals surface area contributed by atoms with E-state index in [1.165, 1.54) is 22.7 Å². The molecule has 28 heavy (non-hydrogen) atoms. The number of aromatic amines is 1. The molecule has 0 atom stereocenters. The van der Waals surface area contributed by atoms with Crippen LogP contribution in [0.25, 0.3) is 11.9 Å². The number of hydrogen-bond donors (Lipinski definition) is 3. The van der Waals surface area contributed by atoms with E-state index in [1.807, 2.05) is 0 Å². The number of rotatable bonds is 7. The van der Waals surface area contributed by atoms with E-state index in [0.29, 0.717) is 11.5 Å². The van der Waals surface area contributed by atoms with Crippen LogP contribution in [0.1, 0.15) is 18.4 Å². The van der Waals surface area contributed by atoms with Gasteiger partial charge in [-0.15, -0.1) is 0 Å². The number of halogens is 3. The quantitative estimate of drug-likeness (QED) is 0.483.